The Bertz CT molecular complexity index is 1100. The smallest absolute Gasteiger partial charge is 0.338 e. The van der Waals surface area contributed by atoms with E-state index < -0.39 is 24.2 Å². The lowest BCUT2D eigenvalue weighted by Gasteiger charge is -2.41. The Morgan fingerprint density at radius 3 is 2.26 bits per heavy atom. The second-order valence-corrected chi connectivity index (χ2v) is 10.6. The highest BCUT2D eigenvalue weighted by atomic mass is 35.5. The first-order chi connectivity index (χ1) is 18.1. The van der Waals surface area contributed by atoms with Gasteiger partial charge in [0.05, 0.1) is 5.69 Å². The molecule has 1 atom stereocenters. The van der Waals surface area contributed by atoms with Gasteiger partial charge in [-0.3, -0.25) is 9.69 Å². The van der Waals surface area contributed by atoms with Gasteiger partial charge in [-0.05, 0) is 48.6 Å². The van der Waals surface area contributed by atoms with Crippen LogP contribution in [0, 0.1) is 0 Å². The van der Waals surface area contributed by atoms with Crippen molar-refractivity contribution in [1.29, 1.82) is 0 Å². The zero-order valence-corrected chi connectivity index (χ0v) is 22.0. The molecule has 1 aliphatic carbocycles. The number of nitrogens with one attached hydrogen (secondary N) is 1. The zero-order valence-electron chi connectivity index (χ0n) is 20.5. The van der Waals surface area contributed by atoms with Gasteiger partial charge in [0, 0.05) is 42.1 Å². The van der Waals surface area contributed by atoms with Gasteiger partial charge in [0.15, 0.2) is 0 Å². The summed E-state index contributed by atoms with van der Waals surface area (Å²) in [6, 6.07) is 6.58. The molecule has 8 nitrogen and oxygen atoms in total. The molecular weight excluding hydrogens is 545 g/mol. The number of hydrogen-bond acceptors (Lipinski definition) is 6. The number of hydrogen-bond donors (Lipinski definition) is 1. The number of halogens is 4. The summed E-state index contributed by atoms with van der Waals surface area (Å²) in [5.41, 5.74) is -0.178. The molecule has 0 bridgehead atoms. The van der Waals surface area contributed by atoms with Gasteiger partial charge in [0.25, 0.3) is 5.91 Å². The van der Waals surface area contributed by atoms with Crippen LogP contribution in [0.4, 0.5) is 23.7 Å². The maximum atomic E-state index is 13.6. The Hall–Kier alpha value is -2.83. The second kappa shape index (κ2) is 12.4. The zero-order chi connectivity index (χ0) is 27.3. The van der Waals surface area contributed by atoms with Crippen LogP contribution in [0.15, 0.2) is 41.8 Å². The van der Waals surface area contributed by atoms with E-state index in [-0.39, 0.29) is 21.7 Å². The maximum absolute atomic E-state index is 13.6. The maximum Gasteiger partial charge on any atom is 0.493 e. The van der Waals surface area contributed by atoms with Gasteiger partial charge in [-0.25, -0.2) is 9.59 Å². The van der Waals surface area contributed by atoms with Crippen molar-refractivity contribution in [2.75, 3.05) is 31.2 Å². The number of rotatable bonds is 5. The number of urea groups is 1. The fourth-order valence-electron chi connectivity index (χ4n) is 4.75. The van der Waals surface area contributed by atoms with Gasteiger partial charge in [-0.1, -0.05) is 36.9 Å². The summed E-state index contributed by atoms with van der Waals surface area (Å²) in [7, 11) is 0. The molecule has 13 heteroatoms. The average molecular weight is 573 g/mol. The predicted octanol–water partition coefficient (Wildman–Crippen LogP) is 5.16. The number of nitrogens with zero attached hydrogens (tertiary/aromatic N) is 3. The highest BCUT2D eigenvalue weighted by molar-refractivity contribution is 7.10. The van der Waals surface area contributed by atoms with Crippen LogP contribution < -0.4 is 10.4 Å². The second-order valence-electron chi connectivity index (χ2n) is 9.20. The first kappa shape index (κ1) is 28.2. The van der Waals surface area contributed by atoms with Crippen molar-refractivity contribution in [2.45, 2.75) is 50.4 Å². The van der Waals surface area contributed by atoms with E-state index in [4.69, 9.17) is 11.6 Å². The van der Waals surface area contributed by atoms with Crippen LogP contribution in [0.2, 0.25) is 5.02 Å². The summed E-state index contributed by atoms with van der Waals surface area (Å²) < 4.78 is 38.9. The fraction of sp³-hybridized carbons (Fsp3) is 0.480. The number of carbonyl (C=O) groups is 3. The fourth-order valence-corrected chi connectivity index (χ4v) is 5.64. The van der Waals surface area contributed by atoms with Crippen molar-refractivity contribution in [2.24, 2.45) is 0 Å². The number of anilines is 1. The molecule has 1 N–H and O–H groups in total. The summed E-state index contributed by atoms with van der Waals surface area (Å²) in [5, 5.41) is 4.64. The third-order valence-electron chi connectivity index (χ3n) is 6.71. The number of benzene rings is 1. The number of amides is 3. The van der Waals surface area contributed by atoms with Crippen LogP contribution in [-0.4, -0.2) is 66.1 Å². The molecular formula is C25H28ClF3N4O4S. The van der Waals surface area contributed by atoms with Gasteiger partial charge in [-0.2, -0.15) is 13.2 Å². The predicted molar refractivity (Wildman–Crippen MR) is 137 cm³/mol. The molecule has 2 fully saturated rings. The normalized spacial score (nSPS) is 18.1. The minimum absolute atomic E-state index is 0.178. The van der Waals surface area contributed by atoms with E-state index >= 15 is 0 Å². The molecule has 38 heavy (non-hydrogen) atoms. The highest BCUT2D eigenvalue weighted by Gasteiger charge is 2.44. The lowest BCUT2D eigenvalue weighted by Crippen LogP contribution is -2.55. The monoisotopic (exact) mass is 572 g/mol. The van der Waals surface area contributed by atoms with Gasteiger partial charge in [0.2, 0.25) is 0 Å². The Kier molecular flexibility index (Phi) is 9.16. The largest absolute Gasteiger partial charge is 0.493 e. The standard InChI is InChI=1S/C25H28ClF3N4O4S/c26-17-8-10-19(11-9-17)33(37-23(35)25(27,28)29)24(36)30-21(20-7-4-16-38-20)22(34)32-14-12-31(13-15-32)18-5-2-1-3-6-18/h4,7-11,16,18,21H,1-3,5-6,12-15H2,(H,30,36). The van der Waals surface area contributed by atoms with Crippen molar-refractivity contribution in [3.05, 3.63) is 51.7 Å². The molecule has 3 amide bonds. The third kappa shape index (κ3) is 6.97. The van der Waals surface area contributed by atoms with E-state index in [9.17, 15) is 27.6 Å². The van der Waals surface area contributed by atoms with E-state index in [0.29, 0.717) is 37.1 Å². The first-order valence-corrected chi connectivity index (χ1v) is 13.6. The molecule has 2 aromatic rings. The average Bonchev–Trinajstić information content (AvgIpc) is 3.45. The lowest BCUT2D eigenvalue weighted by molar-refractivity contribution is -0.199. The molecule has 1 unspecified atom stereocenters. The Balaban J connectivity index is 1.50. The van der Waals surface area contributed by atoms with E-state index in [0.717, 1.165) is 12.8 Å². The van der Waals surface area contributed by atoms with E-state index in [1.165, 1.54) is 54.9 Å². The van der Waals surface area contributed by atoms with Gasteiger partial charge < -0.3 is 15.1 Å². The molecule has 0 spiro atoms. The van der Waals surface area contributed by atoms with Crippen molar-refractivity contribution in [3.63, 3.8) is 0 Å². The molecule has 4 rings (SSSR count). The van der Waals surface area contributed by atoms with Crippen LogP contribution in [0.3, 0.4) is 0 Å². The molecule has 1 aliphatic heterocycles. The number of carbonyl (C=O) groups excluding carboxylic acids is 3. The van der Waals surface area contributed by atoms with E-state index in [1.807, 2.05) is 0 Å². The summed E-state index contributed by atoms with van der Waals surface area (Å²) in [5.74, 6) is -2.97. The number of thiophene rings is 1. The third-order valence-corrected chi connectivity index (χ3v) is 7.90. The van der Waals surface area contributed by atoms with Crippen molar-refractivity contribution in [3.8, 4) is 0 Å². The molecule has 206 valence electrons. The van der Waals surface area contributed by atoms with E-state index in [1.54, 1.807) is 22.4 Å². The highest BCUT2D eigenvalue weighted by Crippen LogP contribution is 2.27. The van der Waals surface area contributed by atoms with Crippen LogP contribution in [-0.2, 0) is 14.4 Å². The van der Waals surface area contributed by atoms with E-state index in [2.05, 4.69) is 15.1 Å². The quantitative estimate of drug-likeness (QED) is 0.501. The van der Waals surface area contributed by atoms with Gasteiger partial charge >= 0.3 is 18.2 Å². The number of piperazine rings is 1. The Labute approximate surface area is 227 Å². The van der Waals surface area contributed by atoms with Gasteiger partial charge in [0.1, 0.15) is 6.04 Å². The Morgan fingerprint density at radius 1 is 1.03 bits per heavy atom. The Morgan fingerprint density at radius 2 is 1.68 bits per heavy atom. The molecule has 0 radical (unpaired) electrons. The summed E-state index contributed by atoms with van der Waals surface area (Å²) in [4.78, 5) is 47.3. The first-order valence-electron chi connectivity index (χ1n) is 12.3. The SMILES string of the molecule is O=C(C(NC(=O)N(OC(=O)C(F)(F)F)c1ccc(Cl)cc1)c1cccs1)N1CCN(C2CCCCC2)CC1. The molecule has 1 saturated heterocycles. The number of hydroxylamine groups is 1. The lowest BCUT2D eigenvalue weighted by atomic mass is 9.94. The van der Waals surface area contributed by atoms with Crippen LogP contribution >= 0.6 is 22.9 Å². The minimum Gasteiger partial charge on any atom is -0.338 e. The van der Waals surface area contributed by atoms with Crippen molar-refractivity contribution in [1.82, 2.24) is 15.1 Å². The summed E-state index contributed by atoms with van der Waals surface area (Å²) in [6.07, 6.45) is 0.630. The van der Waals surface area contributed by atoms with Crippen LogP contribution in [0.25, 0.3) is 0 Å². The minimum atomic E-state index is -5.34. The summed E-state index contributed by atoms with van der Waals surface area (Å²) >= 11 is 7.07. The molecule has 1 aromatic heterocycles. The van der Waals surface area contributed by atoms with Gasteiger partial charge in [-0.15, -0.1) is 16.4 Å². The molecule has 2 heterocycles. The summed E-state index contributed by atoms with van der Waals surface area (Å²) in [6.45, 7) is 2.36. The molecule has 1 saturated carbocycles. The van der Waals surface area contributed by atoms with Crippen LogP contribution in [0.5, 0.6) is 0 Å². The topological polar surface area (TPSA) is 82.2 Å². The number of alkyl halides is 3. The van der Waals surface area contributed by atoms with Crippen molar-refractivity contribution < 1.29 is 32.4 Å². The molecule has 2 aliphatic rings. The van der Waals surface area contributed by atoms with Crippen LogP contribution in [0.1, 0.15) is 43.0 Å². The molecule has 1 aromatic carbocycles. The van der Waals surface area contributed by atoms with Crippen molar-refractivity contribution >= 4 is 46.5 Å².